The lowest BCUT2D eigenvalue weighted by atomic mass is 10.1. The molecule has 6 nitrogen and oxygen atoms in total. The lowest BCUT2D eigenvalue weighted by molar-refractivity contribution is 0.178. The predicted molar refractivity (Wildman–Crippen MR) is 76.2 cm³/mol. The molecule has 0 atom stereocenters. The fourth-order valence-electron chi connectivity index (χ4n) is 2.08. The molecule has 0 saturated carbocycles. The lowest BCUT2D eigenvalue weighted by Gasteiger charge is -2.32. The topological polar surface area (TPSA) is 53.4 Å². The van der Waals surface area contributed by atoms with Crippen LogP contribution in [0.25, 0.3) is 0 Å². The summed E-state index contributed by atoms with van der Waals surface area (Å²) in [5, 5.41) is 2.05. The Morgan fingerprint density at radius 3 is 2.42 bits per heavy atom. The van der Waals surface area contributed by atoms with E-state index in [2.05, 4.69) is 27.4 Å². The monoisotopic (exact) mass is 265 g/mol. The van der Waals surface area contributed by atoms with Crippen LogP contribution in [0, 0.1) is 0 Å². The van der Waals surface area contributed by atoms with Gasteiger partial charge < -0.3 is 9.47 Å². The third-order valence-corrected chi connectivity index (χ3v) is 3.33. The number of hydrogen-bond donors (Lipinski definition) is 1. The number of likely N-dealkylation sites (N-methyl/N-ethyl adjacent to an activating group) is 1. The Bertz CT molecular complexity index is 483. The molecule has 1 aromatic heterocycles. The quantitative estimate of drug-likeness (QED) is 0.847. The van der Waals surface area contributed by atoms with Crippen LogP contribution in [-0.2, 0) is 5.54 Å². The third kappa shape index (κ3) is 3.33. The van der Waals surface area contributed by atoms with Gasteiger partial charge in [-0.05, 0) is 27.8 Å². The highest BCUT2D eigenvalue weighted by Gasteiger charge is 2.19. The van der Waals surface area contributed by atoms with Gasteiger partial charge in [0.05, 0.1) is 0 Å². The fraction of sp³-hybridized carbons (Fsp3) is 0.692. The highest BCUT2D eigenvalue weighted by Crippen LogP contribution is 2.11. The molecule has 1 aromatic rings. The van der Waals surface area contributed by atoms with Crippen LogP contribution in [0.5, 0.6) is 0 Å². The van der Waals surface area contributed by atoms with Crippen molar-refractivity contribution in [3.63, 3.8) is 0 Å². The smallest absolute Gasteiger partial charge is 0.295 e. The number of piperazine rings is 1. The first-order chi connectivity index (χ1) is 8.88. The molecule has 1 aliphatic rings. The molecule has 0 amide bonds. The molecular formula is C13H23N5O. The fourth-order valence-corrected chi connectivity index (χ4v) is 2.08. The maximum atomic E-state index is 12.4. The van der Waals surface area contributed by atoms with Crippen molar-refractivity contribution in [2.75, 3.05) is 38.7 Å². The van der Waals surface area contributed by atoms with Gasteiger partial charge in [-0.1, -0.05) is 0 Å². The highest BCUT2D eigenvalue weighted by atomic mass is 16.1. The summed E-state index contributed by atoms with van der Waals surface area (Å²) in [6, 6.07) is 0. The van der Waals surface area contributed by atoms with Crippen LogP contribution in [0.3, 0.4) is 0 Å². The summed E-state index contributed by atoms with van der Waals surface area (Å²) in [6.07, 6.45) is 3.41. The van der Waals surface area contributed by atoms with Crippen LogP contribution in [0.2, 0.25) is 0 Å². The minimum atomic E-state index is -0.238. The minimum Gasteiger partial charge on any atom is -0.306 e. The van der Waals surface area contributed by atoms with Crippen molar-refractivity contribution >= 4 is 5.82 Å². The average molecular weight is 265 g/mol. The molecule has 1 fully saturated rings. The first kappa shape index (κ1) is 14.0. The van der Waals surface area contributed by atoms with Crippen LogP contribution in [0.4, 0.5) is 5.82 Å². The Kier molecular flexibility index (Phi) is 3.91. The number of hydrazine groups is 1. The normalized spacial score (nSPS) is 18.5. The van der Waals surface area contributed by atoms with Crippen LogP contribution in [-0.4, -0.2) is 52.7 Å². The molecule has 1 aliphatic heterocycles. The Labute approximate surface area is 114 Å². The summed E-state index contributed by atoms with van der Waals surface area (Å²) >= 11 is 0. The minimum absolute atomic E-state index is 0.0751. The van der Waals surface area contributed by atoms with Crippen LogP contribution < -0.4 is 11.0 Å². The van der Waals surface area contributed by atoms with Gasteiger partial charge in [-0.3, -0.25) is 10.2 Å². The number of hydrogen-bond acceptors (Lipinski definition) is 5. The number of rotatable bonds is 2. The van der Waals surface area contributed by atoms with E-state index in [0.717, 1.165) is 26.2 Å². The van der Waals surface area contributed by atoms with Gasteiger partial charge in [-0.15, -0.1) is 0 Å². The Hall–Kier alpha value is -1.40. The van der Waals surface area contributed by atoms with Crippen LogP contribution >= 0.6 is 0 Å². The molecule has 0 radical (unpaired) electrons. The van der Waals surface area contributed by atoms with E-state index in [1.54, 1.807) is 17.0 Å². The summed E-state index contributed by atoms with van der Waals surface area (Å²) in [7, 11) is 2.10. The van der Waals surface area contributed by atoms with Gasteiger partial charge in [0.2, 0.25) is 5.82 Å². The van der Waals surface area contributed by atoms with Gasteiger partial charge in [-0.25, -0.2) is 9.99 Å². The highest BCUT2D eigenvalue weighted by molar-refractivity contribution is 5.30. The number of nitrogens with one attached hydrogen (secondary N) is 1. The van der Waals surface area contributed by atoms with Crippen molar-refractivity contribution in [3.8, 4) is 0 Å². The zero-order valence-corrected chi connectivity index (χ0v) is 12.2. The first-order valence-electron chi connectivity index (χ1n) is 6.66. The van der Waals surface area contributed by atoms with Crippen molar-refractivity contribution < 1.29 is 0 Å². The molecular weight excluding hydrogens is 242 g/mol. The maximum Gasteiger partial charge on any atom is 0.295 e. The summed E-state index contributed by atoms with van der Waals surface area (Å²) in [4.78, 5) is 18.8. The van der Waals surface area contributed by atoms with E-state index in [9.17, 15) is 4.79 Å². The van der Waals surface area contributed by atoms with E-state index < -0.39 is 0 Å². The lowest BCUT2D eigenvalue weighted by Crippen LogP contribution is -2.48. The molecule has 2 rings (SSSR count). The Morgan fingerprint density at radius 1 is 1.21 bits per heavy atom. The second-order valence-corrected chi connectivity index (χ2v) is 6.02. The third-order valence-electron chi connectivity index (χ3n) is 3.33. The van der Waals surface area contributed by atoms with Gasteiger partial charge in [0.1, 0.15) is 0 Å². The van der Waals surface area contributed by atoms with Crippen LogP contribution in [0.1, 0.15) is 20.8 Å². The summed E-state index contributed by atoms with van der Waals surface area (Å²) in [5.41, 5.74) is 2.83. The van der Waals surface area contributed by atoms with Crippen molar-refractivity contribution in [1.29, 1.82) is 0 Å². The summed E-state index contributed by atoms with van der Waals surface area (Å²) in [6.45, 7) is 9.79. The standard InChI is InChI=1S/C13H23N5O/c1-13(2,3)18-6-5-14-11(12(18)19)15-17-9-7-16(4)8-10-17/h5-6H,7-10H2,1-4H3,(H,14,15). The first-order valence-corrected chi connectivity index (χ1v) is 6.66. The number of nitrogens with zero attached hydrogens (tertiary/aromatic N) is 4. The predicted octanol–water partition coefficient (Wildman–Crippen LogP) is 0.573. The van der Waals surface area contributed by atoms with E-state index in [1.807, 2.05) is 20.8 Å². The summed E-state index contributed by atoms with van der Waals surface area (Å²) < 4.78 is 1.71. The molecule has 0 unspecified atom stereocenters. The number of aromatic nitrogens is 2. The van der Waals surface area contributed by atoms with E-state index in [4.69, 9.17) is 0 Å². The maximum absolute atomic E-state index is 12.4. The van der Waals surface area contributed by atoms with Crippen molar-refractivity contribution in [1.82, 2.24) is 19.5 Å². The zero-order chi connectivity index (χ0) is 14.0. The largest absolute Gasteiger partial charge is 0.306 e. The molecule has 1 saturated heterocycles. The van der Waals surface area contributed by atoms with Gasteiger partial charge in [-0.2, -0.15) is 0 Å². The second kappa shape index (κ2) is 5.30. The van der Waals surface area contributed by atoms with E-state index >= 15 is 0 Å². The van der Waals surface area contributed by atoms with E-state index in [1.165, 1.54) is 0 Å². The molecule has 106 valence electrons. The van der Waals surface area contributed by atoms with Gasteiger partial charge in [0.15, 0.2) is 0 Å². The average Bonchev–Trinajstić information content (AvgIpc) is 2.33. The Morgan fingerprint density at radius 2 is 1.84 bits per heavy atom. The number of anilines is 1. The van der Waals surface area contributed by atoms with Gasteiger partial charge in [0.25, 0.3) is 5.56 Å². The molecule has 2 heterocycles. The molecule has 0 aliphatic carbocycles. The molecule has 0 spiro atoms. The van der Waals surface area contributed by atoms with Crippen LogP contribution in [0.15, 0.2) is 17.2 Å². The molecule has 19 heavy (non-hydrogen) atoms. The second-order valence-electron chi connectivity index (χ2n) is 6.02. The summed E-state index contributed by atoms with van der Waals surface area (Å²) in [5.74, 6) is 0.405. The van der Waals surface area contributed by atoms with Gasteiger partial charge in [0, 0.05) is 44.1 Å². The Balaban J connectivity index is 2.15. The van der Waals surface area contributed by atoms with Crippen molar-refractivity contribution in [2.24, 2.45) is 0 Å². The molecule has 0 aromatic carbocycles. The van der Waals surface area contributed by atoms with Crippen molar-refractivity contribution in [3.05, 3.63) is 22.7 Å². The van der Waals surface area contributed by atoms with E-state index in [0.29, 0.717) is 5.82 Å². The SMILES string of the molecule is CN1CCN(Nc2nccn(C(C)(C)C)c2=O)CC1. The van der Waals surface area contributed by atoms with Gasteiger partial charge >= 0.3 is 0 Å². The molecule has 0 bridgehead atoms. The van der Waals surface area contributed by atoms with Crippen molar-refractivity contribution in [2.45, 2.75) is 26.3 Å². The molecule has 6 heteroatoms. The molecule has 1 N–H and O–H groups in total. The van der Waals surface area contributed by atoms with E-state index in [-0.39, 0.29) is 11.1 Å². The zero-order valence-electron chi connectivity index (χ0n) is 12.2.